The fourth-order valence-electron chi connectivity index (χ4n) is 5.68. The molecule has 0 radical (unpaired) electrons. The van der Waals surface area contributed by atoms with Gasteiger partial charge in [0, 0.05) is 12.5 Å². The number of ether oxygens (including phenoxy) is 2. The fourth-order valence-corrected chi connectivity index (χ4v) is 5.68. The van der Waals surface area contributed by atoms with E-state index in [-0.39, 0.29) is 5.78 Å². The third kappa shape index (κ3) is 3.58. The molecule has 0 saturated carbocycles. The fraction of sp³-hybridized carbons (Fsp3) is 0.207. The Morgan fingerprint density at radius 3 is 2.18 bits per heavy atom. The monoisotopic (exact) mass is 509 g/mol. The minimum atomic E-state index is -0.968. The summed E-state index contributed by atoms with van der Waals surface area (Å²) in [5.74, 6) is -2.47. The highest BCUT2D eigenvalue weighted by Gasteiger charge is 2.65. The first-order valence-corrected chi connectivity index (χ1v) is 12.1. The molecule has 0 aromatic heterocycles. The SMILES string of the molecule is COc1ccc(C(=O)[C@H]2[C@H]3C(=O)N(c4ccc(OC(C)=O)cc4)C(=O)[C@H]3[C@@H]3c4ccccc4C=NN23)cc1. The van der Waals surface area contributed by atoms with Crippen LogP contribution in [0.15, 0.2) is 77.9 Å². The number of carbonyl (C=O) groups excluding carboxylic acids is 4. The van der Waals surface area contributed by atoms with Gasteiger partial charge in [0.15, 0.2) is 5.78 Å². The molecule has 3 aromatic carbocycles. The molecule has 3 aliphatic heterocycles. The smallest absolute Gasteiger partial charge is 0.308 e. The third-order valence-electron chi connectivity index (χ3n) is 7.29. The van der Waals surface area contributed by atoms with Crippen molar-refractivity contribution in [3.05, 3.63) is 89.5 Å². The summed E-state index contributed by atoms with van der Waals surface area (Å²) in [5.41, 5.74) is 2.43. The molecule has 3 heterocycles. The Labute approximate surface area is 218 Å². The van der Waals surface area contributed by atoms with Crippen LogP contribution in [0.5, 0.6) is 11.5 Å². The predicted octanol–water partition coefficient (Wildman–Crippen LogP) is 3.38. The average Bonchev–Trinajstić information content (AvgIpc) is 3.41. The molecule has 0 unspecified atom stereocenters. The Morgan fingerprint density at radius 2 is 1.50 bits per heavy atom. The van der Waals surface area contributed by atoms with Crippen LogP contribution in [0.3, 0.4) is 0 Å². The lowest BCUT2D eigenvalue weighted by Gasteiger charge is -2.33. The molecule has 38 heavy (non-hydrogen) atoms. The minimum Gasteiger partial charge on any atom is -0.497 e. The number of benzene rings is 3. The van der Waals surface area contributed by atoms with Crippen molar-refractivity contribution in [1.29, 1.82) is 0 Å². The Bertz CT molecular complexity index is 1500. The van der Waals surface area contributed by atoms with Crippen LogP contribution in [0.25, 0.3) is 0 Å². The molecule has 190 valence electrons. The summed E-state index contributed by atoms with van der Waals surface area (Å²) < 4.78 is 10.3. The van der Waals surface area contributed by atoms with Crippen LogP contribution in [0, 0.1) is 11.8 Å². The molecule has 3 aliphatic rings. The zero-order valence-electron chi connectivity index (χ0n) is 20.6. The minimum absolute atomic E-state index is 0.296. The standard InChI is InChI=1S/C29H23N3O6/c1-16(33)38-21-13-9-19(10-14-21)31-28(35)23-24(29(31)36)26(27(34)17-7-11-20(37-2)12-8-17)32-25(23)22-6-4-3-5-18(22)15-30-32/h3-15,23-26H,1-2H3/t23-,24+,25+,26-/m1/s1. The zero-order chi connectivity index (χ0) is 26.6. The maximum absolute atomic E-state index is 13.9. The first-order chi connectivity index (χ1) is 18.4. The van der Waals surface area contributed by atoms with Gasteiger partial charge in [0.2, 0.25) is 11.8 Å². The number of nitrogens with zero attached hydrogens (tertiary/aromatic N) is 3. The van der Waals surface area contributed by atoms with Crippen LogP contribution >= 0.6 is 0 Å². The topological polar surface area (TPSA) is 106 Å². The van der Waals surface area contributed by atoms with Crippen molar-refractivity contribution in [2.45, 2.75) is 19.0 Å². The van der Waals surface area contributed by atoms with Gasteiger partial charge in [-0.05, 0) is 59.7 Å². The van der Waals surface area contributed by atoms with Crippen LogP contribution in [0.2, 0.25) is 0 Å². The van der Waals surface area contributed by atoms with Crippen molar-refractivity contribution >= 4 is 35.5 Å². The summed E-state index contributed by atoms with van der Waals surface area (Å²) in [6.45, 7) is 1.29. The molecule has 0 N–H and O–H groups in total. The van der Waals surface area contributed by atoms with Gasteiger partial charge in [-0.2, -0.15) is 5.10 Å². The molecule has 9 heteroatoms. The van der Waals surface area contributed by atoms with Gasteiger partial charge in [-0.25, -0.2) is 4.90 Å². The van der Waals surface area contributed by atoms with Crippen LogP contribution in [-0.4, -0.2) is 47.9 Å². The Morgan fingerprint density at radius 1 is 0.842 bits per heavy atom. The molecule has 4 atom stereocenters. The molecule has 0 bridgehead atoms. The van der Waals surface area contributed by atoms with Crippen LogP contribution in [-0.2, 0) is 14.4 Å². The Hall–Kier alpha value is -4.79. The van der Waals surface area contributed by atoms with E-state index in [0.717, 1.165) is 16.0 Å². The van der Waals surface area contributed by atoms with Gasteiger partial charge in [-0.1, -0.05) is 24.3 Å². The average molecular weight is 510 g/mol. The maximum atomic E-state index is 13.9. The number of esters is 1. The summed E-state index contributed by atoms with van der Waals surface area (Å²) in [5, 5.41) is 6.20. The summed E-state index contributed by atoms with van der Waals surface area (Å²) in [6.07, 6.45) is 1.67. The second-order valence-electron chi connectivity index (χ2n) is 9.39. The molecular formula is C29H23N3O6. The van der Waals surface area contributed by atoms with E-state index >= 15 is 0 Å². The Kier molecular flexibility index (Phi) is 5.56. The van der Waals surface area contributed by atoms with Crippen LogP contribution < -0.4 is 14.4 Å². The number of carbonyl (C=O) groups is 4. The normalized spacial score (nSPS) is 23.1. The lowest BCUT2D eigenvalue weighted by Crippen LogP contribution is -2.44. The summed E-state index contributed by atoms with van der Waals surface area (Å²) >= 11 is 0. The number of methoxy groups -OCH3 is 1. The highest BCUT2D eigenvalue weighted by Crippen LogP contribution is 2.53. The number of amides is 2. The predicted molar refractivity (Wildman–Crippen MR) is 137 cm³/mol. The van der Waals surface area contributed by atoms with E-state index in [2.05, 4.69) is 5.10 Å². The van der Waals surface area contributed by atoms with E-state index in [4.69, 9.17) is 9.47 Å². The van der Waals surface area contributed by atoms with E-state index in [1.165, 1.54) is 19.1 Å². The van der Waals surface area contributed by atoms with Gasteiger partial charge in [0.25, 0.3) is 0 Å². The van der Waals surface area contributed by atoms with E-state index in [1.54, 1.807) is 54.7 Å². The van der Waals surface area contributed by atoms with Gasteiger partial charge in [0.1, 0.15) is 17.5 Å². The number of anilines is 1. The molecule has 2 fully saturated rings. The Balaban J connectivity index is 1.43. The van der Waals surface area contributed by atoms with E-state index in [0.29, 0.717) is 22.7 Å². The number of imide groups is 1. The largest absolute Gasteiger partial charge is 0.497 e. The van der Waals surface area contributed by atoms with Crippen molar-refractivity contribution in [2.24, 2.45) is 16.9 Å². The van der Waals surface area contributed by atoms with E-state index in [9.17, 15) is 19.2 Å². The lowest BCUT2D eigenvalue weighted by atomic mass is 9.83. The molecule has 2 saturated heterocycles. The van der Waals surface area contributed by atoms with Crippen molar-refractivity contribution < 1.29 is 28.7 Å². The lowest BCUT2D eigenvalue weighted by molar-refractivity contribution is -0.132. The zero-order valence-corrected chi connectivity index (χ0v) is 20.6. The molecule has 2 amide bonds. The number of Topliss-reactive ketones (excluding diaryl/α,β-unsaturated/α-hetero) is 1. The number of hydrazone groups is 1. The number of rotatable bonds is 5. The summed E-state index contributed by atoms with van der Waals surface area (Å²) in [7, 11) is 1.54. The molecular weight excluding hydrogens is 486 g/mol. The molecule has 0 spiro atoms. The van der Waals surface area contributed by atoms with E-state index < -0.39 is 41.7 Å². The van der Waals surface area contributed by atoms with Crippen molar-refractivity contribution in [2.75, 3.05) is 12.0 Å². The van der Waals surface area contributed by atoms with Crippen molar-refractivity contribution in [1.82, 2.24) is 5.01 Å². The van der Waals surface area contributed by atoms with Crippen LogP contribution in [0.4, 0.5) is 5.69 Å². The molecule has 3 aromatic rings. The van der Waals surface area contributed by atoms with E-state index in [1.807, 2.05) is 24.3 Å². The number of ketones is 1. The second-order valence-corrected chi connectivity index (χ2v) is 9.39. The van der Waals surface area contributed by atoms with Gasteiger partial charge >= 0.3 is 5.97 Å². The van der Waals surface area contributed by atoms with Crippen molar-refractivity contribution in [3.63, 3.8) is 0 Å². The van der Waals surface area contributed by atoms with Crippen LogP contribution in [0.1, 0.15) is 34.5 Å². The quantitative estimate of drug-likeness (QED) is 0.225. The van der Waals surface area contributed by atoms with Gasteiger partial charge < -0.3 is 9.47 Å². The highest BCUT2D eigenvalue weighted by atomic mass is 16.5. The second kappa shape index (κ2) is 8.95. The summed E-state index contributed by atoms with van der Waals surface area (Å²) in [4.78, 5) is 54.2. The highest BCUT2D eigenvalue weighted by molar-refractivity contribution is 6.24. The first-order valence-electron chi connectivity index (χ1n) is 12.1. The van der Waals surface area contributed by atoms with Gasteiger partial charge in [0.05, 0.1) is 36.9 Å². The first kappa shape index (κ1) is 23.6. The van der Waals surface area contributed by atoms with Gasteiger partial charge in [-0.15, -0.1) is 0 Å². The molecule has 9 nitrogen and oxygen atoms in total. The number of hydrogen-bond acceptors (Lipinski definition) is 8. The maximum Gasteiger partial charge on any atom is 0.308 e. The summed E-state index contributed by atoms with van der Waals surface area (Å²) in [6, 6.07) is 18.9. The number of fused-ring (bicyclic) bond motifs is 5. The van der Waals surface area contributed by atoms with Gasteiger partial charge in [-0.3, -0.25) is 24.2 Å². The number of hydrogen-bond donors (Lipinski definition) is 0. The van der Waals surface area contributed by atoms with Crippen molar-refractivity contribution in [3.8, 4) is 11.5 Å². The third-order valence-corrected chi connectivity index (χ3v) is 7.29. The molecule has 6 rings (SSSR count). The molecule has 0 aliphatic carbocycles.